The highest BCUT2D eigenvalue weighted by molar-refractivity contribution is 7.92. The predicted molar refractivity (Wildman–Crippen MR) is 90.7 cm³/mol. The maximum Gasteiger partial charge on any atom is 0.262 e. The van der Waals surface area contributed by atoms with Crippen molar-refractivity contribution in [3.63, 3.8) is 0 Å². The number of rotatable bonds is 4. The summed E-state index contributed by atoms with van der Waals surface area (Å²) in [7, 11) is -2.13. The molecule has 2 aromatic rings. The second kappa shape index (κ2) is 6.24. The normalized spacial score (nSPS) is 13.5. The van der Waals surface area contributed by atoms with Gasteiger partial charge in [0.15, 0.2) is 11.5 Å². The van der Waals surface area contributed by atoms with Gasteiger partial charge in [0.2, 0.25) is 0 Å². The first kappa shape index (κ1) is 16.4. The number of sulfonamides is 1. The van der Waals surface area contributed by atoms with Crippen molar-refractivity contribution >= 4 is 15.7 Å². The Labute approximate surface area is 141 Å². The van der Waals surface area contributed by atoms with Crippen LogP contribution in [0.5, 0.6) is 17.2 Å². The van der Waals surface area contributed by atoms with Gasteiger partial charge in [-0.1, -0.05) is 0 Å². The average Bonchev–Trinajstić information content (AvgIpc) is 2.53. The molecule has 6 nitrogen and oxygen atoms in total. The van der Waals surface area contributed by atoms with E-state index in [4.69, 9.17) is 14.2 Å². The van der Waals surface area contributed by atoms with Gasteiger partial charge in [-0.25, -0.2) is 8.42 Å². The molecule has 0 atom stereocenters. The first-order chi connectivity index (χ1) is 11.4. The first-order valence-electron chi connectivity index (χ1n) is 7.48. The highest BCUT2D eigenvalue weighted by atomic mass is 32.2. The molecule has 0 saturated heterocycles. The molecular weight excluding hydrogens is 330 g/mol. The van der Waals surface area contributed by atoms with E-state index in [-0.39, 0.29) is 4.90 Å². The van der Waals surface area contributed by atoms with E-state index in [2.05, 4.69) is 4.72 Å². The van der Waals surface area contributed by atoms with Crippen LogP contribution in [0.4, 0.5) is 5.69 Å². The third kappa shape index (κ3) is 3.12. The lowest BCUT2D eigenvalue weighted by atomic mass is 10.1. The van der Waals surface area contributed by atoms with Crippen molar-refractivity contribution in [3.05, 3.63) is 41.5 Å². The van der Waals surface area contributed by atoms with Gasteiger partial charge < -0.3 is 14.2 Å². The SMILES string of the molecule is COc1c(C)cc(NS(=O)(=O)c2ccc3c(c2)OCCO3)cc1C. The van der Waals surface area contributed by atoms with Crippen molar-refractivity contribution in [2.24, 2.45) is 0 Å². The Hall–Kier alpha value is -2.41. The molecule has 2 aromatic carbocycles. The van der Waals surface area contributed by atoms with Crippen LogP contribution >= 0.6 is 0 Å². The number of hydrogen-bond donors (Lipinski definition) is 1. The molecule has 3 rings (SSSR count). The third-order valence-corrected chi connectivity index (χ3v) is 5.12. The van der Waals surface area contributed by atoms with Crippen LogP contribution < -0.4 is 18.9 Å². The standard InChI is InChI=1S/C17H19NO5S/c1-11-8-13(9-12(2)17(11)21-3)18-24(19,20)14-4-5-15-16(10-14)23-7-6-22-15/h4-5,8-10,18H,6-7H2,1-3H3. The van der Waals surface area contributed by atoms with E-state index < -0.39 is 10.0 Å². The number of fused-ring (bicyclic) bond motifs is 1. The van der Waals surface area contributed by atoms with E-state index in [9.17, 15) is 8.42 Å². The van der Waals surface area contributed by atoms with Crippen LogP contribution in [0.25, 0.3) is 0 Å². The summed E-state index contributed by atoms with van der Waals surface area (Å²) in [6, 6.07) is 8.05. The summed E-state index contributed by atoms with van der Waals surface area (Å²) < 4.78 is 44.0. The van der Waals surface area contributed by atoms with E-state index in [0.29, 0.717) is 30.4 Å². The number of methoxy groups -OCH3 is 1. The molecule has 0 bridgehead atoms. The van der Waals surface area contributed by atoms with Crippen molar-refractivity contribution < 1.29 is 22.6 Å². The first-order valence-corrected chi connectivity index (χ1v) is 8.97. The number of anilines is 1. The molecule has 1 N–H and O–H groups in total. The van der Waals surface area contributed by atoms with Gasteiger partial charge in [-0.05, 0) is 49.2 Å². The lowest BCUT2D eigenvalue weighted by Crippen LogP contribution is -2.17. The monoisotopic (exact) mass is 349 g/mol. The second-order valence-corrected chi connectivity index (χ2v) is 7.24. The molecule has 0 unspecified atom stereocenters. The Morgan fingerprint density at radius 2 is 1.62 bits per heavy atom. The molecule has 0 radical (unpaired) electrons. The number of benzene rings is 2. The largest absolute Gasteiger partial charge is 0.496 e. The van der Waals surface area contributed by atoms with Gasteiger partial charge in [0.25, 0.3) is 10.0 Å². The quantitative estimate of drug-likeness (QED) is 0.919. The van der Waals surface area contributed by atoms with Crippen molar-refractivity contribution in [2.75, 3.05) is 25.0 Å². The molecule has 1 aliphatic rings. The highest BCUT2D eigenvalue weighted by Crippen LogP contribution is 2.33. The van der Waals surface area contributed by atoms with Crippen molar-refractivity contribution in [1.82, 2.24) is 0 Å². The number of ether oxygens (including phenoxy) is 3. The molecule has 0 saturated carbocycles. The zero-order valence-corrected chi connectivity index (χ0v) is 14.6. The van der Waals surface area contributed by atoms with Crippen LogP contribution in [0.15, 0.2) is 35.2 Å². The van der Waals surface area contributed by atoms with Crippen LogP contribution in [-0.4, -0.2) is 28.7 Å². The minimum atomic E-state index is -3.73. The maximum absolute atomic E-state index is 12.6. The Bertz CT molecular complexity index is 854. The minimum Gasteiger partial charge on any atom is -0.496 e. The molecule has 1 aliphatic heterocycles. The van der Waals surface area contributed by atoms with Gasteiger partial charge in [-0.3, -0.25) is 4.72 Å². The highest BCUT2D eigenvalue weighted by Gasteiger charge is 2.20. The van der Waals surface area contributed by atoms with Crippen LogP contribution in [0.1, 0.15) is 11.1 Å². The fraction of sp³-hybridized carbons (Fsp3) is 0.294. The molecule has 128 valence electrons. The Balaban J connectivity index is 1.92. The summed E-state index contributed by atoms with van der Waals surface area (Å²) in [5, 5.41) is 0. The summed E-state index contributed by atoms with van der Waals surface area (Å²) in [6.45, 7) is 4.60. The molecule has 0 spiro atoms. The van der Waals surface area contributed by atoms with Crippen LogP contribution in [0.2, 0.25) is 0 Å². The van der Waals surface area contributed by atoms with Crippen LogP contribution in [-0.2, 0) is 10.0 Å². The van der Waals surface area contributed by atoms with Gasteiger partial charge in [-0.2, -0.15) is 0 Å². The predicted octanol–water partition coefficient (Wildman–Crippen LogP) is 2.88. The van der Waals surface area contributed by atoms with Gasteiger partial charge in [0.1, 0.15) is 19.0 Å². The summed E-state index contributed by atoms with van der Waals surface area (Å²) in [6.07, 6.45) is 0. The smallest absolute Gasteiger partial charge is 0.262 e. The molecule has 1 heterocycles. The van der Waals surface area contributed by atoms with Crippen molar-refractivity contribution in [3.8, 4) is 17.2 Å². The van der Waals surface area contributed by atoms with Crippen LogP contribution in [0.3, 0.4) is 0 Å². The summed E-state index contributed by atoms with van der Waals surface area (Å²) in [5.74, 6) is 1.74. The van der Waals surface area contributed by atoms with Gasteiger partial charge in [-0.15, -0.1) is 0 Å². The van der Waals surface area contributed by atoms with Gasteiger partial charge in [0.05, 0.1) is 12.0 Å². The van der Waals surface area contributed by atoms with Crippen LogP contribution in [0, 0.1) is 13.8 Å². The molecule has 7 heteroatoms. The summed E-state index contributed by atoms with van der Waals surface area (Å²) in [5.41, 5.74) is 2.20. The van der Waals surface area contributed by atoms with Gasteiger partial charge >= 0.3 is 0 Å². The second-order valence-electron chi connectivity index (χ2n) is 5.55. The molecule has 0 fully saturated rings. The molecule has 0 aromatic heterocycles. The van der Waals surface area contributed by atoms with Crippen molar-refractivity contribution in [2.45, 2.75) is 18.7 Å². The minimum absolute atomic E-state index is 0.123. The lowest BCUT2D eigenvalue weighted by Gasteiger charge is -2.19. The van der Waals surface area contributed by atoms with E-state index in [1.165, 1.54) is 12.1 Å². The molecular formula is C17H19NO5S. The molecule has 0 aliphatic carbocycles. The van der Waals surface area contributed by atoms with E-state index in [0.717, 1.165) is 16.9 Å². The lowest BCUT2D eigenvalue weighted by molar-refractivity contribution is 0.171. The summed E-state index contributed by atoms with van der Waals surface area (Å²) in [4.78, 5) is 0.123. The Morgan fingerprint density at radius 3 is 2.25 bits per heavy atom. The zero-order valence-electron chi connectivity index (χ0n) is 13.8. The van der Waals surface area contributed by atoms with E-state index in [1.54, 1.807) is 25.3 Å². The molecule has 0 amide bonds. The topological polar surface area (TPSA) is 73.9 Å². The number of hydrogen-bond acceptors (Lipinski definition) is 5. The maximum atomic E-state index is 12.6. The fourth-order valence-corrected chi connectivity index (χ4v) is 3.79. The number of aryl methyl sites for hydroxylation is 2. The average molecular weight is 349 g/mol. The fourth-order valence-electron chi connectivity index (χ4n) is 2.74. The number of nitrogens with one attached hydrogen (secondary N) is 1. The summed E-state index contributed by atoms with van der Waals surface area (Å²) >= 11 is 0. The molecule has 24 heavy (non-hydrogen) atoms. The third-order valence-electron chi connectivity index (χ3n) is 3.74. The van der Waals surface area contributed by atoms with Gasteiger partial charge in [0, 0.05) is 11.8 Å². The van der Waals surface area contributed by atoms with E-state index in [1.807, 2.05) is 13.8 Å². The Morgan fingerprint density at radius 1 is 1.00 bits per heavy atom. The zero-order chi connectivity index (χ0) is 17.3. The van der Waals surface area contributed by atoms with E-state index >= 15 is 0 Å². The Kier molecular flexibility index (Phi) is 4.28. The van der Waals surface area contributed by atoms with Crippen molar-refractivity contribution in [1.29, 1.82) is 0 Å².